The van der Waals surface area contributed by atoms with Crippen LogP contribution in [0.15, 0.2) is 60.7 Å². The number of halogens is 1. The van der Waals surface area contributed by atoms with Crippen molar-refractivity contribution < 1.29 is 28.7 Å². The Morgan fingerprint density at radius 1 is 0.946 bits per heavy atom. The number of carbonyl (C=O) groups excluding carboxylic acids is 2. The predicted octanol–water partition coefficient (Wildman–Crippen LogP) is 5.37. The minimum absolute atomic E-state index is 0. The van der Waals surface area contributed by atoms with Gasteiger partial charge in [0, 0.05) is 24.8 Å². The molecule has 0 aliphatic heterocycles. The smallest absolute Gasteiger partial charge is 0.340 e. The lowest BCUT2D eigenvalue weighted by Gasteiger charge is -2.18. The van der Waals surface area contributed by atoms with Gasteiger partial charge in [0.2, 0.25) is 0 Å². The number of methoxy groups -OCH3 is 1. The molecule has 0 atom stereocenters. The van der Waals surface area contributed by atoms with Crippen LogP contribution in [0, 0.1) is 24.0 Å². The number of hydrogen-bond donors (Lipinski definition) is 0. The van der Waals surface area contributed by atoms with Gasteiger partial charge in [0.1, 0.15) is 13.2 Å². The molecule has 9 nitrogen and oxygen atoms in total. The summed E-state index contributed by atoms with van der Waals surface area (Å²) in [4.78, 5) is 41.5. The molecule has 2 aromatic carbocycles. The first-order chi connectivity index (χ1) is 17.3. The Morgan fingerprint density at radius 3 is 2.22 bits per heavy atom. The van der Waals surface area contributed by atoms with E-state index in [1.54, 1.807) is 26.0 Å². The number of aromatic nitrogens is 1. The van der Waals surface area contributed by atoms with Crippen LogP contribution in [0.2, 0.25) is 0 Å². The van der Waals surface area contributed by atoms with E-state index in [1.165, 1.54) is 25.3 Å². The van der Waals surface area contributed by atoms with Crippen LogP contribution in [0.5, 0.6) is 0 Å². The van der Waals surface area contributed by atoms with Crippen LogP contribution in [-0.4, -0.2) is 48.8 Å². The number of aryl methyl sites for hydroxylation is 2. The third kappa shape index (κ3) is 7.45. The first-order valence-electron chi connectivity index (χ1n) is 11.1. The van der Waals surface area contributed by atoms with Gasteiger partial charge in [-0.15, -0.1) is 12.4 Å². The summed E-state index contributed by atoms with van der Waals surface area (Å²) >= 11 is 0. The number of nitrogens with zero attached hydrogens (tertiary/aromatic N) is 2. The Labute approximate surface area is 220 Å². The van der Waals surface area contributed by atoms with Crippen molar-refractivity contribution in [1.29, 1.82) is 0 Å². The number of hydrogen-bond acceptors (Lipinski definition) is 8. The van der Waals surface area contributed by atoms with Crippen LogP contribution in [0.1, 0.15) is 37.7 Å². The summed E-state index contributed by atoms with van der Waals surface area (Å²) in [6, 6.07) is 15.2. The third-order valence-electron chi connectivity index (χ3n) is 5.25. The van der Waals surface area contributed by atoms with Gasteiger partial charge in [-0.05, 0) is 31.1 Å². The van der Waals surface area contributed by atoms with E-state index < -0.39 is 16.9 Å². The summed E-state index contributed by atoms with van der Waals surface area (Å²) in [6.45, 7) is 3.37. The highest BCUT2D eigenvalue weighted by atomic mass is 35.5. The van der Waals surface area contributed by atoms with Crippen LogP contribution in [0.3, 0.4) is 0 Å². The number of rotatable bonds is 10. The second kappa shape index (κ2) is 13.9. The second-order valence-electron chi connectivity index (χ2n) is 7.76. The molecule has 0 saturated heterocycles. The van der Waals surface area contributed by atoms with E-state index in [4.69, 9.17) is 14.2 Å². The molecule has 194 valence electrons. The Balaban J connectivity index is 0.00000481. The molecule has 1 aromatic heterocycles. The molecular formula is C27H27ClN2O7. The lowest BCUT2D eigenvalue weighted by Crippen LogP contribution is -2.18. The Kier molecular flexibility index (Phi) is 10.9. The molecule has 3 rings (SSSR count). The lowest BCUT2D eigenvalue weighted by atomic mass is 9.92. The molecule has 0 bridgehead atoms. The molecule has 0 radical (unpaired) electrons. The van der Waals surface area contributed by atoms with Gasteiger partial charge in [0.05, 0.1) is 34.0 Å². The SMILES string of the molecule is COCCOC(=O)c1c(C)nc(C)c(C(=O)OC/C=C/c2ccccc2)c1-c1cccc([N+](=O)[O-])c1.Cl. The van der Waals surface area contributed by atoms with Gasteiger partial charge in [0.25, 0.3) is 5.69 Å². The van der Waals surface area contributed by atoms with Crippen molar-refractivity contribution in [3.05, 3.63) is 98.9 Å². The second-order valence-corrected chi connectivity index (χ2v) is 7.76. The molecule has 0 fully saturated rings. The Morgan fingerprint density at radius 2 is 1.59 bits per heavy atom. The monoisotopic (exact) mass is 526 g/mol. The summed E-state index contributed by atoms with van der Waals surface area (Å²) in [7, 11) is 1.47. The van der Waals surface area contributed by atoms with E-state index in [1.807, 2.05) is 36.4 Å². The number of non-ortho nitro benzene ring substituents is 1. The quantitative estimate of drug-likeness (QED) is 0.150. The van der Waals surface area contributed by atoms with Gasteiger partial charge in [-0.2, -0.15) is 0 Å². The predicted molar refractivity (Wildman–Crippen MR) is 141 cm³/mol. The number of nitro groups is 1. The molecule has 0 spiro atoms. The minimum Gasteiger partial charge on any atom is -0.460 e. The van der Waals surface area contributed by atoms with Gasteiger partial charge in [-0.3, -0.25) is 15.1 Å². The van der Waals surface area contributed by atoms with Gasteiger partial charge in [0.15, 0.2) is 0 Å². The van der Waals surface area contributed by atoms with Crippen molar-refractivity contribution in [1.82, 2.24) is 4.98 Å². The number of ether oxygens (including phenoxy) is 3. The van der Waals surface area contributed by atoms with Crippen molar-refractivity contribution in [3.8, 4) is 11.1 Å². The summed E-state index contributed by atoms with van der Waals surface area (Å²) in [6.07, 6.45) is 3.50. The number of benzene rings is 2. The Bertz CT molecular complexity index is 1290. The van der Waals surface area contributed by atoms with E-state index in [0.717, 1.165) is 5.56 Å². The number of carbonyl (C=O) groups is 2. The maximum atomic E-state index is 13.2. The van der Waals surface area contributed by atoms with Crippen molar-refractivity contribution in [2.45, 2.75) is 13.8 Å². The summed E-state index contributed by atoms with van der Waals surface area (Å²) in [5, 5.41) is 11.4. The normalized spacial score (nSPS) is 10.6. The van der Waals surface area contributed by atoms with Gasteiger partial charge in [-0.25, -0.2) is 9.59 Å². The maximum Gasteiger partial charge on any atom is 0.340 e. The fourth-order valence-electron chi connectivity index (χ4n) is 3.65. The molecule has 0 aliphatic carbocycles. The molecule has 0 amide bonds. The molecule has 37 heavy (non-hydrogen) atoms. The number of pyridine rings is 1. The standard InChI is InChI=1S/C27H26N2O7.ClH/c1-18-23(26(30)35-14-8-11-20-9-5-4-6-10-20)25(21-12-7-13-22(17-21)29(32)33)24(19(2)28-18)27(31)36-16-15-34-3;/h4-13,17H,14-16H2,1-3H3;1H/b11-8+;. The summed E-state index contributed by atoms with van der Waals surface area (Å²) in [5.41, 5.74) is 1.92. The maximum absolute atomic E-state index is 13.2. The zero-order valence-corrected chi connectivity index (χ0v) is 21.4. The Hall–Kier alpha value is -4.08. The zero-order chi connectivity index (χ0) is 26.1. The first-order valence-corrected chi connectivity index (χ1v) is 11.1. The average molecular weight is 527 g/mol. The van der Waals surface area contributed by atoms with E-state index in [2.05, 4.69) is 4.98 Å². The number of esters is 2. The molecular weight excluding hydrogens is 500 g/mol. The van der Waals surface area contributed by atoms with Crippen LogP contribution in [0.25, 0.3) is 17.2 Å². The van der Waals surface area contributed by atoms with E-state index in [0.29, 0.717) is 17.0 Å². The lowest BCUT2D eigenvalue weighted by molar-refractivity contribution is -0.384. The van der Waals surface area contributed by atoms with Crippen molar-refractivity contribution in [3.63, 3.8) is 0 Å². The molecule has 0 saturated carbocycles. The zero-order valence-electron chi connectivity index (χ0n) is 20.6. The van der Waals surface area contributed by atoms with E-state index in [-0.39, 0.29) is 54.6 Å². The van der Waals surface area contributed by atoms with Crippen molar-refractivity contribution in [2.24, 2.45) is 0 Å². The molecule has 0 N–H and O–H groups in total. The minimum atomic E-state index is -0.725. The molecule has 10 heteroatoms. The largest absolute Gasteiger partial charge is 0.460 e. The number of nitro benzene ring substituents is 1. The first kappa shape index (κ1) is 29.2. The topological polar surface area (TPSA) is 118 Å². The fourth-order valence-corrected chi connectivity index (χ4v) is 3.65. The van der Waals surface area contributed by atoms with Crippen LogP contribution < -0.4 is 0 Å². The van der Waals surface area contributed by atoms with Gasteiger partial charge in [-0.1, -0.05) is 48.5 Å². The van der Waals surface area contributed by atoms with E-state index in [9.17, 15) is 19.7 Å². The molecule has 3 aromatic rings. The third-order valence-corrected chi connectivity index (χ3v) is 5.25. The van der Waals surface area contributed by atoms with Crippen molar-refractivity contribution >= 4 is 36.1 Å². The molecule has 0 aliphatic rings. The summed E-state index contributed by atoms with van der Waals surface area (Å²) < 4.78 is 15.7. The van der Waals surface area contributed by atoms with Crippen LogP contribution >= 0.6 is 12.4 Å². The fraction of sp³-hybridized carbons (Fsp3) is 0.222. The average Bonchev–Trinajstić information content (AvgIpc) is 2.86. The molecule has 0 unspecified atom stereocenters. The van der Waals surface area contributed by atoms with E-state index >= 15 is 0 Å². The van der Waals surface area contributed by atoms with Crippen molar-refractivity contribution in [2.75, 3.05) is 26.9 Å². The highest BCUT2D eigenvalue weighted by molar-refractivity contribution is 6.07. The highest BCUT2D eigenvalue weighted by Crippen LogP contribution is 2.34. The van der Waals surface area contributed by atoms with Crippen LogP contribution in [-0.2, 0) is 14.2 Å². The van der Waals surface area contributed by atoms with Gasteiger partial charge < -0.3 is 14.2 Å². The van der Waals surface area contributed by atoms with Crippen LogP contribution in [0.4, 0.5) is 5.69 Å². The summed E-state index contributed by atoms with van der Waals surface area (Å²) in [5.74, 6) is -1.44. The highest BCUT2D eigenvalue weighted by Gasteiger charge is 2.28. The van der Waals surface area contributed by atoms with Gasteiger partial charge >= 0.3 is 11.9 Å². The molecule has 1 heterocycles.